The van der Waals surface area contributed by atoms with E-state index in [1.807, 2.05) is 0 Å². The second kappa shape index (κ2) is 4.69. The minimum Gasteiger partial charge on any atom is -0.459 e. The summed E-state index contributed by atoms with van der Waals surface area (Å²) in [5.41, 5.74) is 6.30. The highest BCUT2D eigenvalue weighted by Gasteiger charge is 2.28. The average Bonchev–Trinajstić information content (AvgIpc) is 2.07. The number of hydrogen-bond donors (Lipinski definition) is 1. The molecule has 0 spiro atoms. The molecule has 0 aromatic rings. The molecule has 3 heteroatoms. The van der Waals surface area contributed by atoms with Crippen LogP contribution in [0.1, 0.15) is 46.5 Å². The van der Waals surface area contributed by atoms with Gasteiger partial charge in [0.05, 0.1) is 0 Å². The molecule has 0 atom stereocenters. The molecule has 2 N–H and O–H groups in total. The van der Waals surface area contributed by atoms with Crippen molar-refractivity contribution in [2.24, 2.45) is 11.1 Å². The third-order valence-corrected chi connectivity index (χ3v) is 2.91. The highest BCUT2D eigenvalue weighted by Crippen LogP contribution is 2.36. The predicted molar refractivity (Wildman–Crippen MR) is 60.1 cm³/mol. The van der Waals surface area contributed by atoms with Crippen molar-refractivity contribution in [1.82, 2.24) is 0 Å². The van der Waals surface area contributed by atoms with Gasteiger partial charge in [0, 0.05) is 11.8 Å². The van der Waals surface area contributed by atoms with E-state index < -0.39 is 0 Å². The van der Waals surface area contributed by atoms with Crippen molar-refractivity contribution in [1.29, 1.82) is 0 Å². The SMILES string of the molecule is C/C(N)=C/C(=O)OC1CCC(C)(C)CC1. The summed E-state index contributed by atoms with van der Waals surface area (Å²) >= 11 is 0. The van der Waals surface area contributed by atoms with Crippen LogP contribution in [0.3, 0.4) is 0 Å². The largest absolute Gasteiger partial charge is 0.459 e. The van der Waals surface area contributed by atoms with Crippen LogP contribution in [0.15, 0.2) is 11.8 Å². The van der Waals surface area contributed by atoms with Crippen LogP contribution >= 0.6 is 0 Å². The summed E-state index contributed by atoms with van der Waals surface area (Å²) in [6.07, 6.45) is 5.61. The summed E-state index contributed by atoms with van der Waals surface area (Å²) in [5.74, 6) is -0.306. The van der Waals surface area contributed by atoms with Gasteiger partial charge in [-0.1, -0.05) is 13.8 Å². The van der Waals surface area contributed by atoms with E-state index in [4.69, 9.17) is 10.5 Å². The molecule has 0 aromatic carbocycles. The van der Waals surface area contributed by atoms with Crippen LogP contribution in [0.4, 0.5) is 0 Å². The fourth-order valence-corrected chi connectivity index (χ4v) is 1.87. The maximum atomic E-state index is 11.3. The van der Waals surface area contributed by atoms with Crippen LogP contribution in [0, 0.1) is 5.41 Å². The summed E-state index contributed by atoms with van der Waals surface area (Å²) in [6.45, 7) is 6.20. The Morgan fingerprint density at radius 2 is 1.93 bits per heavy atom. The average molecular weight is 211 g/mol. The minimum atomic E-state index is -0.306. The molecule has 0 saturated heterocycles. The summed E-state index contributed by atoms with van der Waals surface area (Å²) in [6, 6.07) is 0. The van der Waals surface area contributed by atoms with Crippen LogP contribution in [0.25, 0.3) is 0 Å². The Bertz CT molecular complexity index is 255. The van der Waals surface area contributed by atoms with Crippen molar-refractivity contribution in [3.8, 4) is 0 Å². The molecule has 0 amide bonds. The zero-order valence-corrected chi connectivity index (χ0v) is 9.88. The standard InChI is InChI=1S/C12H21NO2/c1-9(13)8-11(14)15-10-4-6-12(2,3)7-5-10/h8,10H,4-7,13H2,1-3H3/b9-8-. The lowest BCUT2D eigenvalue weighted by atomic mass is 9.76. The van der Waals surface area contributed by atoms with Crippen LogP contribution in [0.2, 0.25) is 0 Å². The summed E-state index contributed by atoms with van der Waals surface area (Å²) in [4.78, 5) is 11.3. The van der Waals surface area contributed by atoms with Gasteiger partial charge >= 0.3 is 5.97 Å². The molecule has 1 fully saturated rings. The van der Waals surface area contributed by atoms with Gasteiger partial charge in [0.2, 0.25) is 0 Å². The zero-order chi connectivity index (χ0) is 11.5. The van der Waals surface area contributed by atoms with Gasteiger partial charge in [-0.25, -0.2) is 4.79 Å². The topological polar surface area (TPSA) is 52.3 Å². The molecule has 0 aliphatic heterocycles. The Balaban J connectivity index is 2.36. The molecular weight excluding hydrogens is 190 g/mol. The van der Waals surface area contributed by atoms with Gasteiger partial charge in [0.25, 0.3) is 0 Å². The van der Waals surface area contributed by atoms with E-state index in [9.17, 15) is 4.79 Å². The Morgan fingerprint density at radius 1 is 1.40 bits per heavy atom. The van der Waals surface area contributed by atoms with Gasteiger partial charge in [0.1, 0.15) is 6.10 Å². The predicted octanol–water partition coefficient (Wildman–Crippen LogP) is 2.36. The maximum absolute atomic E-state index is 11.3. The van der Waals surface area contributed by atoms with Crippen LogP contribution in [-0.4, -0.2) is 12.1 Å². The van der Waals surface area contributed by atoms with Gasteiger partial charge in [-0.05, 0) is 38.0 Å². The normalized spacial score (nSPS) is 22.5. The highest BCUT2D eigenvalue weighted by atomic mass is 16.5. The van der Waals surface area contributed by atoms with Gasteiger partial charge in [0.15, 0.2) is 0 Å². The third-order valence-electron chi connectivity index (χ3n) is 2.91. The molecule has 0 heterocycles. The third kappa shape index (κ3) is 4.36. The number of nitrogens with two attached hydrogens (primary N) is 1. The Hall–Kier alpha value is -0.990. The lowest BCUT2D eigenvalue weighted by molar-refractivity contribution is -0.145. The van der Waals surface area contributed by atoms with Gasteiger partial charge < -0.3 is 10.5 Å². The Labute approximate surface area is 91.7 Å². The number of hydrogen-bond acceptors (Lipinski definition) is 3. The molecule has 86 valence electrons. The summed E-state index contributed by atoms with van der Waals surface area (Å²) in [5, 5.41) is 0. The first-order valence-corrected chi connectivity index (χ1v) is 5.53. The van der Waals surface area contributed by atoms with Crippen molar-refractivity contribution >= 4 is 5.97 Å². The van der Waals surface area contributed by atoms with Gasteiger partial charge in [-0.3, -0.25) is 0 Å². The molecule has 0 bridgehead atoms. The molecule has 0 radical (unpaired) electrons. The Morgan fingerprint density at radius 3 is 2.40 bits per heavy atom. The smallest absolute Gasteiger partial charge is 0.332 e. The van der Waals surface area contributed by atoms with Crippen molar-refractivity contribution in [3.63, 3.8) is 0 Å². The quantitative estimate of drug-likeness (QED) is 0.563. The molecule has 1 rings (SSSR count). The molecule has 15 heavy (non-hydrogen) atoms. The molecule has 1 saturated carbocycles. The first kappa shape index (κ1) is 12.1. The molecule has 1 aliphatic rings. The number of ether oxygens (including phenoxy) is 1. The van der Waals surface area contributed by atoms with E-state index in [2.05, 4.69) is 13.8 Å². The Kier molecular flexibility index (Phi) is 3.77. The number of allylic oxidation sites excluding steroid dienone is 1. The number of carbonyl (C=O) groups is 1. The first-order chi connectivity index (χ1) is 6.89. The molecule has 0 unspecified atom stereocenters. The number of carbonyl (C=O) groups excluding carboxylic acids is 1. The lowest BCUT2D eigenvalue weighted by Crippen LogP contribution is -2.28. The second-order valence-electron chi connectivity index (χ2n) is 5.19. The molecule has 0 aromatic heterocycles. The van der Waals surface area contributed by atoms with E-state index in [-0.39, 0.29) is 12.1 Å². The van der Waals surface area contributed by atoms with Crippen LogP contribution in [0.5, 0.6) is 0 Å². The maximum Gasteiger partial charge on any atom is 0.332 e. The van der Waals surface area contributed by atoms with E-state index in [0.717, 1.165) is 25.7 Å². The fourth-order valence-electron chi connectivity index (χ4n) is 1.87. The van der Waals surface area contributed by atoms with Gasteiger partial charge in [-0.2, -0.15) is 0 Å². The first-order valence-electron chi connectivity index (χ1n) is 5.53. The highest BCUT2D eigenvalue weighted by molar-refractivity contribution is 5.82. The second-order valence-corrected chi connectivity index (χ2v) is 5.19. The number of esters is 1. The number of rotatable bonds is 2. The minimum absolute atomic E-state index is 0.0844. The monoisotopic (exact) mass is 211 g/mol. The van der Waals surface area contributed by atoms with E-state index in [1.165, 1.54) is 6.08 Å². The van der Waals surface area contributed by atoms with Crippen molar-refractivity contribution < 1.29 is 9.53 Å². The van der Waals surface area contributed by atoms with Crippen LogP contribution in [-0.2, 0) is 9.53 Å². The van der Waals surface area contributed by atoms with E-state index in [1.54, 1.807) is 6.92 Å². The van der Waals surface area contributed by atoms with Crippen molar-refractivity contribution in [2.75, 3.05) is 0 Å². The molecular formula is C12H21NO2. The van der Waals surface area contributed by atoms with E-state index in [0.29, 0.717) is 11.1 Å². The zero-order valence-electron chi connectivity index (χ0n) is 9.88. The van der Waals surface area contributed by atoms with Gasteiger partial charge in [-0.15, -0.1) is 0 Å². The summed E-state index contributed by atoms with van der Waals surface area (Å²) < 4.78 is 5.30. The molecule has 1 aliphatic carbocycles. The summed E-state index contributed by atoms with van der Waals surface area (Å²) in [7, 11) is 0. The van der Waals surface area contributed by atoms with E-state index >= 15 is 0 Å². The van der Waals surface area contributed by atoms with Crippen molar-refractivity contribution in [3.05, 3.63) is 11.8 Å². The lowest BCUT2D eigenvalue weighted by Gasteiger charge is -2.33. The molecule has 3 nitrogen and oxygen atoms in total. The van der Waals surface area contributed by atoms with Crippen LogP contribution < -0.4 is 5.73 Å². The fraction of sp³-hybridized carbons (Fsp3) is 0.750. The van der Waals surface area contributed by atoms with Crippen molar-refractivity contribution in [2.45, 2.75) is 52.6 Å².